The molecule has 1 atom stereocenters. The molecule has 0 spiro atoms. The maximum absolute atomic E-state index is 6.07. The fourth-order valence-electron chi connectivity index (χ4n) is 2.27. The number of hydrogen-bond acceptors (Lipinski definition) is 4. The minimum atomic E-state index is -0.178. The molecule has 1 aromatic carbocycles. The lowest BCUT2D eigenvalue weighted by atomic mass is 10.0. The normalized spacial score (nSPS) is 12.8. The zero-order chi connectivity index (χ0) is 14.9. The molecule has 1 heterocycles. The standard InChI is InChI=1S/C16H22N2O2/c1-9(2)15(17)16-18-8-13(20-16)14-10(3)6-12(19-5)7-11(14)4/h6-9,15H,17H2,1-5H3. The molecular formula is C16H22N2O2. The summed E-state index contributed by atoms with van der Waals surface area (Å²) in [4.78, 5) is 4.32. The van der Waals surface area contributed by atoms with Crippen molar-refractivity contribution in [2.24, 2.45) is 11.7 Å². The highest BCUT2D eigenvalue weighted by Gasteiger charge is 2.19. The molecule has 4 heteroatoms. The predicted octanol–water partition coefficient (Wildman–Crippen LogP) is 3.62. The van der Waals surface area contributed by atoms with Gasteiger partial charge in [0.2, 0.25) is 5.89 Å². The van der Waals surface area contributed by atoms with E-state index in [9.17, 15) is 0 Å². The third kappa shape index (κ3) is 2.70. The number of nitrogens with zero attached hydrogens (tertiary/aromatic N) is 1. The molecular weight excluding hydrogens is 252 g/mol. The lowest BCUT2D eigenvalue weighted by Gasteiger charge is -2.12. The lowest BCUT2D eigenvalue weighted by molar-refractivity contribution is 0.393. The van der Waals surface area contributed by atoms with Crippen LogP contribution in [0.3, 0.4) is 0 Å². The van der Waals surface area contributed by atoms with Crippen molar-refractivity contribution in [3.63, 3.8) is 0 Å². The average Bonchev–Trinajstić information content (AvgIpc) is 2.86. The van der Waals surface area contributed by atoms with Gasteiger partial charge in [-0.05, 0) is 43.0 Å². The molecule has 2 rings (SSSR count). The van der Waals surface area contributed by atoms with Gasteiger partial charge in [-0.1, -0.05) is 13.8 Å². The maximum Gasteiger partial charge on any atom is 0.212 e. The summed E-state index contributed by atoms with van der Waals surface area (Å²) in [7, 11) is 1.67. The molecule has 2 N–H and O–H groups in total. The van der Waals surface area contributed by atoms with Crippen LogP contribution >= 0.6 is 0 Å². The second-order valence-corrected chi connectivity index (χ2v) is 5.47. The van der Waals surface area contributed by atoms with E-state index >= 15 is 0 Å². The summed E-state index contributed by atoms with van der Waals surface area (Å²) in [6, 6.07) is 3.81. The number of nitrogens with two attached hydrogens (primary N) is 1. The summed E-state index contributed by atoms with van der Waals surface area (Å²) in [5.41, 5.74) is 9.33. The molecule has 20 heavy (non-hydrogen) atoms. The van der Waals surface area contributed by atoms with Crippen LogP contribution in [0.4, 0.5) is 0 Å². The van der Waals surface area contributed by atoms with Gasteiger partial charge in [0.15, 0.2) is 5.76 Å². The van der Waals surface area contributed by atoms with Crippen molar-refractivity contribution < 1.29 is 9.15 Å². The summed E-state index contributed by atoms with van der Waals surface area (Å²) in [6.45, 7) is 8.18. The smallest absolute Gasteiger partial charge is 0.212 e. The van der Waals surface area contributed by atoms with E-state index in [1.54, 1.807) is 13.3 Å². The minimum absolute atomic E-state index is 0.178. The Balaban J connectivity index is 2.43. The number of methoxy groups -OCH3 is 1. The largest absolute Gasteiger partial charge is 0.497 e. The molecule has 0 bridgehead atoms. The number of aryl methyl sites for hydroxylation is 2. The van der Waals surface area contributed by atoms with Crippen LogP contribution in [0.2, 0.25) is 0 Å². The molecule has 4 nitrogen and oxygen atoms in total. The molecule has 0 saturated carbocycles. The molecule has 108 valence electrons. The highest BCUT2D eigenvalue weighted by atomic mass is 16.5. The fraction of sp³-hybridized carbons (Fsp3) is 0.438. The van der Waals surface area contributed by atoms with Crippen molar-refractivity contribution in [3.8, 4) is 17.1 Å². The first-order chi connectivity index (χ1) is 9.43. The Hall–Kier alpha value is -1.81. The van der Waals surface area contributed by atoms with Gasteiger partial charge in [-0.15, -0.1) is 0 Å². The van der Waals surface area contributed by atoms with Crippen LogP contribution in [0, 0.1) is 19.8 Å². The summed E-state index contributed by atoms with van der Waals surface area (Å²) in [5, 5.41) is 0. The van der Waals surface area contributed by atoms with Gasteiger partial charge in [-0.25, -0.2) is 4.98 Å². The minimum Gasteiger partial charge on any atom is -0.497 e. The quantitative estimate of drug-likeness (QED) is 0.925. The van der Waals surface area contributed by atoms with Gasteiger partial charge in [0, 0.05) is 5.56 Å². The highest BCUT2D eigenvalue weighted by Crippen LogP contribution is 2.32. The highest BCUT2D eigenvalue weighted by molar-refractivity contribution is 5.67. The number of aromatic nitrogens is 1. The summed E-state index contributed by atoms with van der Waals surface area (Å²) < 4.78 is 11.1. The average molecular weight is 274 g/mol. The first kappa shape index (κ1) is 14.6. The molecule has 0 aliphatic rings. The van der Waals surface area contributed by atoms with E-state index in [1.165, 1.54) is 0 Å². The van der Waals surface area contributed by atoms with Crippen LogP contribution < -0.4 is 10.5 Å². The molecule has 2 aromatic rings. The number of benzene rings is 1. The Morgan fingerprint density at radius 3 is 2.30 bits per heavy atom. The van der Waals surface area contributed by atoms with E-state index in [1.807, 2.05) is 26.0 Å². The molecule has 0 fully saturated rings. The second kappa shape index (κ2) is 5.67. The van der Waals surface area contributed by atoms with Crippen LogP contribution in [0.5, 0.6) is 5.75 Å². The fourth-order valence-corrected chi connectivity index (χ4v) is 2.27. The summed E-state index contributed by atoms with van der Waals surface area (Å²) in [6.07, 6.45) is 1.75. The SMILES string of the molecule is COc1cc(C)c(-c2cnc(C(N)C(C)C)o2)c(C)c1. The van der Waals surface area contributed by atoms with Crippen LogP contribution in [-0.2, 0) is 0 Å². The Morgan fingerprint density at radius 2 is 1.80 bits per heavy atom. The first-order valence-electron chi connectivity index (χ1n) is 6.81. The Kier molecular flexibility index (Phi) is 4.14. The molecule has 0 aliphatic heterocycles. The van der Waals surface area contributed by atoms with Crippen LogP contribution in [0.15, 0.2) is 22.7 Å². The van der Waals surface area contributed by atoms with E-state index in [4.69, 9.17) is 14.9 Å². The molecule has 0 radical (unpaired) electrons. The number of rotatable bonds is 4. The van der Waals surface area contributed by atoms with Crippen LogP contribution in [0.25, 0.3) is 11.3 Å². The van der Waals surface area contributed by atoms with Crippen molar-refractivity contribution in [2.45, 2.75) is 33.7 Å². The van der Waals surface area contributed by atoms with Crippen molar-refractivity contribution in [1.82, 2.24) is 4.98 Å². The van der Waals surface area contributed by atoms with Gasteiger partial charge in [0.25, 0.3) is 0 Å². The van der Waals surface area contributed by atoms with Gasteiger partial charge >= 0.3 is 0 Å². The Labute approximate surface area is 120 Å². The van der Waals surface area contributed by atoms with Crippen molar-refractivity contribution >= 4 is 0 Å². The maximum atomic E-state index is 6.07. The van der Waals surface area contributed by atoms with Crippen molar-refractivity contribution in [3.05, 3.63) is 35.3 Å². The van der Waals surface area contributed by atoms with E-state index in [-0.39, 0.29) is 6.04 Å². The predicted molar refractivity (Wildman–Crippen MR) is 79.7 cm³/mol. The van der Waals surface area contributed by atoms with E-state index < -0.39 is 0 Å². The van der Waals surface area contributed by atoms with Gasteiger partial charge in [0.05, 0.1) is 19.3 Å². The van der Waals surface area contributed by atoms with E-state index in [2.05, 4.69) is 18.8 Å². The van der Waals surface area contributed by atoms with E-state index in [0.717, 1.165) is 28.2 Å². The van der Waals surface area contributed by atoms with Crippen LogP contribution in [-0.4, -0.2) is 12.1 Å². The molecule has 0 saturated heterocycles. The zero-order valence-corrected chi connectivity index (χ0v) is 12.7. The van der Waals surface area contributed by atoms with E-state index in [0.29, 0.717) is 11.8 Å². The Bertz CT molecular complexity index is 579. The third-order valence-corrected chi connectivity index (χ3v) is 3.52. The van der Waals surface area contributed by atoms with Gasteiger partial charge < -0.3 is 14.9 Å². The van der Waals surface area contributed by atoms with Crippen molar-refractivity contribution in [1.29, 1.82) is 0 Å². The summed E-state index contributed by atoms with van der Waals surface area (Å²) >= 11 is 0. The third-order valence-electron chi connectivity index (χ3n) is 3.52. The Morgan fingerprint density at radius 1 is 1.20 bits per heavy atom. The topological polar surface area (TPSA) is 61.3 Å². The number of hydrogen-bond donors (Lipinski definition) is 1. The molecule has 0 amide bonds. The van der Waals surface area contributed by atoms with Crippen LogP contribution in [0.1, 0.15) is 36.9 Å². The molecule has 1 unspecified atom stereocenters. The van der Waals surface area contributed by atoms with Gasteiger partial charge in [-0.2, -0.15) is 0 Å². The molecule has 1 aromatic heterocycles. The lowest BCUT2D eigenvalue weighted by Crippen LogP contribution is -2.16. The zero-order valence-electron chi connectivity index (χ0n) is 12.7. The first-order valence-corrected chi connectivity index (χ1v) is 6.81. The summed E-state index contributed by atoms with van der Waals surface area (Å²) in [5.74, 6) is 2.49. The second-order valence-electron chi connectivity index (χ2n) is 5.47. The molecule has 0 aliphatic carbocycles. The number of oxazole rings is 1. The number of ether oxygens (including phenoxy) is 1. The monoisotopic (exact) mass is 274 g/mol. The van der Waals surface area contributed by atoms with Gasteiger partial charge in [0.1, 0.15) is 5.75 Å². The van der Waals surface area contributed by atoms with Crippen molar-refractivity contribution in [2.75, 3.05) is 7.11 Å². The van der Waals surface area contributed by atoms with Gasteiger partial charge in [-0.3, -0.25) is 0 Å².